The highest BCUT2D eigenvalue weighted by Crippen LogP contribution is 2.20. The minimum Gasteiger partial charge on any atom is -0.354 e. The van der Waals surface area contributed by atoms with Gasteiger partial charge in [0.05, 0.1) is 11.4 Å². The van der Waals surface area contributed by atoms with Gasteiger partial charge >= 0.3 is 0 Å². The van der Waals surface area contributed by atoms with Crippen LogP contribution < -0.4 is 5.32 Å². The number of halogens is 1. The molecule has 0 aliphatic carbocycles. The second-order valence-corrected chi connectivity index (χ2v) is 10.2. The molecular weight excluding hydrogens is 458 g/mol. The smallest absolute Gasteiger partial charge is 0.243 e. The van der Waals surface area contributed by atoms with Crippen LogP contribution in [0, 0.1) is 6.92 Å². The summed E-state index contributed by atoms with van der Waals surface area (Å²) >= 11 is 7.30. The molecule has 0 spiro atoms. The Bertz CT molecular complexity index is 1090. The molecule has 1 aromatic heterocycles. The first-order chi connectivity index (χ1) is 14.8. The van der Waals surface area contributed by atoms with E-state index in [1.165, 1.54) is 46.7 Å². The molecule has 11 heteroatoms. The number of carbonyl (C=O) groups excluding carboxylic acids is 1. The van der Waals surface area contributed by atoms with Crippen molar-refractivity contribution in [3.05, 3.63) is 71.0 Å². The summed E-state index contributed by atoms with van der Waals surface area (Å²) < 4.78 is 27.6. The fourth-order valence-corrected chi connectivity index (χ4v) is 4.84. The van der Waals surface area contributed by atoms with Crippen LogP contribution in [-0.2, 0) is 21.4 Å². The highest BCUT2D eigenvalue weighted by Gasteiger charge is 2.27. The lowest BCUT2D eigenvalue weighted by atomic mass is 10.1. The van der Waals surface area contributed by atoms with Gasteiger partial charge < -0.3 is 5.32 Å². The van der Waals surface area contributed by atoms with Gasteiger partial charge in [0.1, 0.15) is 6.33 Å². The Morgan fingerprint density at radius 3 is 2.52 bits per heavy atom. The van der Waals surface area contributed by atoms with E-state index < -0.39 is 10.0 Å². The number of benzene rings is 2. The Morgan fingerprint density at radius 2 is 1.87 bits per heavy atom. The maximum Gasteiger partial charge on any atom is 0.243 e. The molecule has 164 valence electrons. The molecule has 0 fully saturated rings. The molecule has 0 bridgehead atoms. The Kier molecular flexibility index (Phi) is 8.08. The summed E-state index contributed by atoms with van der Waals surface area (Å²) in [5.41, 5.74) is 1.86. The zero-order chi connectivity index (χ0) is 22.3. The van der Waals surface area contributed by atoms with Crippen LogP contribution in [-0.4, -0.2) is 52.7 Å². The van der Waals surface area contributed by atoms with Gasteiger partial charge in [-0.05, 0) is 36.8 Å². The summed E-state index contributed by atoms with van der Waals surface area (Å²) in [4.78, 5) is 16.6. The number of aromatic amines is 1. The molecule has 0 unspecified atom stereocenters. The molecule has 8 nitrogen and oxygen atoms in total. The van der Waals surface area contributed by atoms with Crippen molar-refractivity contribution in [2.24, 2.45) is 0 Å². The third-order valence-electron chi connectivity index (χ3n) is 4.31. The van der Waals surface area contributed by atoms with E-state index in [4.69, 9.17) is 11.6 Å². The van der Waals surface area contributed by atoms with Crippen molar-refractivity contribution < 1.29 is 13.2 Å². The van der Waals surface area contributed by atoms with Gasteiger partial charge in [-0.1, -0.05) is 53.2 Å². The van der Waals surface area contributed by atoms with E-state index in [-0.39, 0.29) is 23.9 Å². The number of nitrogens with zero attached hydrogens (tertiary/aromatic N) is 3. The Balaban J connectivity index is 1.69. The van der Waals surface area contributed by atoms with Crippen molar-refractivity contribution in [1.82, 2.24) is 24.8 Å². The van der Waals surface area contributed by atoms with Crippen LogP contribution in [0.4, 0.5) is 0 Å². The van der Waals surface area contributed by atoms with Crippen LogP contribution >= 0.6 is 23.4 Å². The number of aryl methyl sites for hydroxylation is 1. The van der Waals surface area contributed by atoms with Crippen molar-refractivity contribution in [3.63, 3.8) is 0 Å². The van der Waals surface area contributed by atoms with E-state index in [1.54, 1.807) is 0 Å². The summed E-state index contributed by atoms with van der Waals surface area (Å²) in [7, 11) is -3.90. The molecule has 0 saturated carbocycles. The summed E-state index contributed by atoms with van der Waals surface area (Å²) in [6, 6.07) is 13.4. The van der Waals surface area contributed by atoms with Crippen molar-refractivity contribution in [2.75, 3.05) is 18.8 Å². The quantitative estimate of drug-likeness (QED) is 0.342. The number of rotatable bonds is 10. The third kappa shape index (κ3) is 6.79. The SMILES string of the molecule is Cc1ccc(CN(CC(=O)NCCSc2ncn[nH]2)S(=O)(=O)c2ccc(Cl)cc2)cc1. The van der Waals surface area contributed by atoms with Crippen LogP contribution in [0.3, 0.4) is 0 Å². The zero-order valence-corrected chi connectivity index (χ0v) is 19.2. The third-order valence-corrected chi connectivity index (χ3v) is 7.24. The van der Waals surface area contributed by atoms with E-state index in [2.05, 4.69) is 20.5 Å². The first kappa shape index (κ1) is 23.3. The number of sulfonamides is 1. The first-order valence-corrected chi connectivity index (χ1v) is 12.2. The highest BCUT2D eigenvalue weighted by molar-refractivity contribution is 7.99. The van der Waals surface area contributed by atoms with Crippen molar-refractivity contribution in [1.29, 1.82) is 0 Å². The van der Waals surface area contributed by atoms with Gasteiger partial charge in [-0.25, -0.2) is 13.4 Å². The monoisotopic (exact) mass is 479 g/mol. The molecule has 3 aromatic rings. The lowest BCUT2D eigenvalue weighted by molar-refractivity contribution is -0.121. The number of hydrogen-bond donors (Lipinski definition) is 2. The van der Waals surface area contributed by atoms with Gasteiger partial charge in [-0.15, -0.1) is 0 Å². The maximum absolute atomic E-state index is 13.2. The minimum absolute atomic E-state index is 0.0749. The number of hydrogen-bond acceptors (Lipinski definition) is 6. The van der Waals surface area contributed by atoms with Gasteiger partial charge in [0.15, 0.2) is 5.16 Å². The molecule has 1 amide bonds. The number of carbonyl (C=O) groups is 1. The van der Waals surface area contributed by atoms with Crippen molar-refractivity contribution in [3.8, 4) is 0 Å². The summed E-state index contributed by atoms with van der Waals surface area (Å²) in [5, 5.41) is 10.3. The molecule has 0 aliphatic rings. The zero-order valence-electron chi connectivity index (χ0n) is 16.8. The summed E-state index contributed by atoms with van der Waals surface area (Å²) in [6.45, 7) is 2.09. The Morgan fingerprint density at radius 1 is 1.16 bits per heavy atom. The summed E-state index contributed by atoms with van der Waals surface area (Å²) in [5.74, 6) is 0.186. The minimum atomic E-state index is -3.90. The van der Waals surface area contributed by atoms with Gasteiger partial charge in [0.25, 0.3) is 0 Å². The van der Waals surface area contributed by atoms with E-state index in [1.807, 2.05) is 31.2 Å². The van der Waals surface area contributed by atoms with E-state index >= 15 is 0 Å². The van der Waals surface area contributed by atoms with E-state index in [9.17, 15) is 13.2 Å². The fraction of sp³-hybridized carbons (Fsp3) is 0.250. The van der Waals surface area contributed by atoms with E-state index in [0.29, 0.717) is 22.5 Å². The van der Waals surface area contributed by atoms with E-state index in [0.717, 1.165) is 11.1 Å². The predicted molar refractivity (Wildman–Crippen MR) is 120 cm³/mol. The number of aromatic nitrogens is 3. The molecule has 1 heterocycles. The van der Waals surface area contributed by atoms with Gasteiger partial charge in [0.2, 0.25) is 15.9 Å². The van der Waals surface area contributed by atoms with Gasteiger partial charge in [-0.3, -0.25) is 9.89 Å². The molecular formula is C20H22ClN5O3S2. The number of thioether (sulfide) groups is 1. The first-order valence-electron chi connectivity index (χ1n) is 9.41. The molecule has 31 heavy (non-hydrogen) atoms. The lowest BCUT2D eigenvalue weighted by Gasteiger charge is -2.22. The average molecular weight is 480 g/mol. The van der Waals surface area contributed by atoms with Crippen LogP contribution in [0.1, 0.15) is 11.1 Å². The van der Waals surface area contributed by atoms with Crippen LogP contribution in [0.15, 0.2) is 64.9 Å². The normalized spacial score (nSPS) is 11.6. The molecule has 2 aromatic carbocycles. The second-order valence-electron chi connectivity index (χ2n) is 6.70. The molecule has 0 saturated heterocycles. The van der Waals surface area contributed by atoms with Crippen LogP contribution in [0.2, 0.25) is 5.02 Å². The highest BCUT2D eigenvalue weighted by atomic mass is 35.5. The van der Waals surface area contributed by atoms with Crippen LogP contribution in [0.5, 0.6) is 0 Å². The van der Waals surface area contributed by atoms with Crippen molar-refractivity contribution in [2.45, 2.75) is 23.5 Å². The maximum atomic E-state index is 13.2. The fourth-order valence-electron chi connectivity index (χ4n) is 2.70. The van der Waals surface area contributed by atoms with Crippen molar-refractivity contribution >= 4 is 39.3 Å². The topological polar surface area (TPSA) is 108 Å². The molecule has 3 rings (SSSR count). The number of H-pyrrole nitrogens is 1. The average Bonchev–Trinajstić information content (AvgIpc) is 3.26. The second kappa shape index (κ2) is 10.8. The molecule has 0 aliphatic heterocycles. The van der Waals surface area contributed by atoms with Gasteiger partial charge in [-0.2, -0.15) is 9.40 Å². The lowest BCUT2D eigenvalue weighted by Crippen LogP contribution is -2.40. The Hall–Kier alpha value is -2.40. The Labute approximate surface area is 190 Å². The van der Waals surface area contributed by atoms with Gasteiger partial charge in [0, 0.05) is 23.9 Å². The predicted octanol–water partition coefficient (Wildman–Crippen LogP) is 2.87. The molecule has 2 N–H and O–H groups in total. The largest absolute Gasteiger partial charge is 0.354 e. The summed E-state index contributed by atoms with van der Waals surface area (Å²) in [6.07, 6.45) is 1.41. The molecule has 0 radical (unpaired) electrons. The van der Waals surface area contributed by atoms with Crippen LogP contribution in [0.25, 0.3) is 0 Å². The number of nitrogens with one attached hydrogen (secondary N) is 2. The standard InChI is InChI=1S/C20H22ClN5O3S2/c1-15-2-4-16(5-3-15)12-26(31(28,29)18-8-6-17(21)7-9-18)13-19(27)22-10-11-30-20-23-14-24-25-20/h2-9,14H,10-13H2,1H3,(H,22,27)(H,23,24,25). The molecule has 0 atom stereocenters. The number of amides is 1.